The number of sulfone groups is 1. The monoisotopic (exact) mass is 299 g/mol. The summed E-state index contributed by atoms with van der Waals surface area (Å²) in [4.78, 5) is 0. The van der Waals surface area contributed by atoms with Gasteiger partial charge in [0.1, 0.15) is 0 Å². The Morgan fingerprint density at radius 3 is 2.29 bits per heavy atom. The van der Waals surface area contributed by atoms with Gasteiger partial charge in [-0.25, -0.2) is 8.42 Å². The molecular weight excluding hydrogens is 282 g/mol. The van der Waals surface area contributed by atoms with E-state index in [4.69, 9.17) is 5.26 Å². The predicted octanol–water partition coefficient (Wildman–Crippen LogP) is 3.56. The van der Waals surface area contributed by atoms with Crippen molar-refractivity contribution in [3.63, 3.8) is 0 Å². The Morgan fingerprint density at radius 2 is 1.67 bits per heavy atom. The van der Waals surface area contributed by atoms with Crippen molar-refractivity contribution >= 4 is 9.84 Å². The first kappa shape index (κ1) is 15.3. The highest BCUT2D eigenvalue weighted by Crippen LogP contribution is 2.29. The fourth-order valence-electron chi connectivity index (χ4n) is 2.29. The van der Waals surface area contributed by atoms with Gasteiger partial charge in [-0.3, -0.25) is 0 Å². The molecule has 0 N–H and O–H groups in total. The van der Waals surface area contributed by atoms with Crippen LogP contribution >= 0.6 is 0 Å². The van der Waals surface area contributed by atoms with E-state index in [1.807, 2.05) is 43.3 Å². The molecule has 0 radical (unpaired) electrons. The first-order chi connectivity index (χ1) is 10.0. The molecule has 21 heavy (non-hydrogen) atoms. The number of aryl methyl sites for hydroxylation is 1. The van der Waals surface area contributed by atoms with Crippen LogP contribution in [-0.4, -0.2) is 8.42 Å². The topological polar surface area (TPSA) is 57.9 Å². The summed E-state index contributed by atoms with van der Waals surface area (Å²) in [5, 5.41) is 8.19. The largest absolute Gasteiger partial charge is 0.228 e. The maximum absolute atomic E-state index is 12.7. The van der Waals surface area contributed by atoms with E-state index < -0.39 is 15.1 Å². The average molecular weight is 299 g/mol. The summed E-state index contributed by atoms with van der Waals surface area (Å²) < 4.78 is 25.4. The number of benzene rings is 2. The summed E-state index contributed by atoms with van der Waals surface area (Å²) in [7, 11) is -3.44. The molecule has 1 atom stereocenters. The molecule has 0 amide bonds. The molecule has 0 saturated heterocycles. The van der Waals surface area contributed by atoms with Crippen molar-refractivity contribution in [1.82, 2.24) is 0 Å². The second-order valence-electron chi connectivity index (χ2n) is 5.00. The van der Waals surface area contributed by atoms with Crippen molar-refractivity contribution in [2.75, 3.05) is 0 Å². The van der Waals surface area contributed by atoms with E-state index in [2.05, 4.69) is 0 Å². The van der Waals surface area contributed by atoms with Gasteiger partial charge in [0.15, 0.2) is 9.84 Å². The van der Waals surface area contributed by atoms with E-state index in [0.29, 0.717) is 5.56 Å². The van der Waals surface area contributed by atoms with Gasteiger partial charge in [-0.05, 0) is 23.6 Å². The molecule has 0 aliphatic rings. The SMILES string of the molecule is Cc1ccccc1CS(=O)(=O)C(CC#N)c1ccccc1. The van der Waals surface area contributed by atoms with Gasteiger partial charge in [-0.1, -0.05) is 54.6 Å². The van der Waals surface area contributed by atoms with Crippen LogP contribution in [-0.2, 0) is 15.6 Å². The van der Waals surface area contributed by atoms with E-state index in [0.717, 1.165) is 11.1 Å². The Labute approximate surface area is 125 Å². The molecule has 3 nitrogen and oxygen atoms in total. The molecule has 2 aromatic rings. The lowest BCUT2D eigenvalue weighted by Crippen LogP contribution is -2.16. The maximum Gasteiger partial charge on any atom is 0.162 e. The number of hydrogen-bond acceptors (Lipinski definition) is 3. The number of nitrogens with zero attached hydrogens (tertiary/aromatic N) is 1. The van der Waals surface area contributed by atoms with Crippen molar-refractivity contribution in [1.29, 1.82) is 5.26 Å². The molecule has 0 aliphatic heterocycles. The molecule has 1 unspecified atom stereocenters. The van der Waals surface area contributed by atoms with Gasteiger partial charge in [0.2, 0.25) is 0 Å². The zero-order valence-corrected chi connectivity index (χ0v) is 12.7. The Balaban J connectivity index is 2.36. The van der Waals surface area contributed by atoms with Gasteiger partial charge >= 0.3 is 0 Å². The van der Waals surface area contributed by atoms with E-state index in [-0.39, 0.29) is 12.2 Å². The summed E-state index contributed by atoms with van der Waals surface area (Å²) in [6.45, 7) is 1.90. The third-order valence-electron chi connectivity index (χ3n) is 3.50. The van der Waals surface area contributed by atoms with Gasteiger partial charge in [0.05, 0.1) is 23.5 Å². The molecule has 0 aliphatic carbocycles. The molecule has 0 spiro atoms. The molecule has 0 fully saturated rings. The van der Waals surface area contributed by atoms with Crippen LogP contribution in [0.2, 0.25) is 0 Å². The number of hydrogen-bond donors (Lipinski definition) is 0. The third kappa shape index (κ3) is 3.71. The first-order valence-electron chi connectivity index (χ1n) is 6.72. The second-order valence-corrected chi connectivity index (χ2v) is 7.18. The quantitative estimate of drug-likeness (QED) is 0.848. The van der Waals surface area contributed by atoms with Crippen LogP contribution in [0.25, 0.3) is 0 Å². The fourth-order valence-corrected chi connectivity index (χ4v) is 4.15. The molecule has 2 aromatic carbocycles. The molecule has 0 bridgehead atoms. The highest BCUT2D eigenvalue weighted by Gasteiger charge is 2.27. The smallest absolute Gasteiger partial charge is 0.162 e. The summed E-state index contributed by atoms with van der Waals surface area (Å²) in [5.41, 5.74) is 2.41. The number of rotatable bonds is 5. The molecule has 0 heterocycles. The molecule has 0 saturated carbocycles. The van der Waals surface area contributed by atoms with Crippen LogP contribution in [0.1, 0.15) is 28.4 Å². The number of nitriles is 1. The highest BCUT2D eigenvalue weighted by atomic mass is 32.2. The van der Waals surface area contributed by atoms with E-state index >= 15 is 0 Å². The van der Waals surface area contributed by atoms with Crippen LogP contribution in [0.5, 0.6) is 0 Å². The molecule has 108 valence electrons. The van der Waals surface area contributed by atoms with Crippen molar-refractivity contribution in [3.05, 3.63) is 71.3 Å². The zero-order chi connectivity index (χ0) is 15.3. The van der Waals surface area contributed by atoms with Crippen molar-refractivity contribution in [2.45, 2.75) is 24.3 Å². The lowest BCUT2D eigenvalue weighted by molar-refractivity contribution is 0.581. The minimum Gasteiger partial charge on any atom is -0.228 e. The van der Waals surface area contributed by atoms with Crippen LogP contribution in [0.15, 0.2) is 54.6 Å². The Hall–Kier alpha value is -2.12. The minimum atomic E-state index is -3.44. The van der Waals surface area contributed by atoms with E-state index in [9.17, 15) is 8.42 Å². The Kier molecular flexibility index (Phi) is 4.77. The minimum absolute atomic E-state index is 0.0295. The molecule has 4 heteroatoms. The second kappa shape index (κ2) is 6.55. The summed E-state index contributed by atoms with van der Waals surface area (Å²) in [6, 6.07) is 18.4. The standard InChI is InChI=1S/C17H17NO2S/c1-14-7-5-6-10-16(14)13-21(19,20)17(11-12-18)15-8-3-2-4-9-15/h2-10,17H,11,13H2,1H3. The van der Waals surface area contributed by atoms with Gasteiger partial charge in [0, 0.05) is 0 Å². The van der Waals surface area contributed by atoms with Gasteiger partial charge < -0.3 is 0 Å². The first-order valence-corrected chi connectivity index (χ1v) is 8.44. The van der Waals surface area contributed by atoms with Gasteiger partial charge in [-0.15, -0.1) is 0 Å². The lowest BCUT2D eigenvalue weighted by Gasteiger charge is -2.16. The van der Waals surface area contributed by atoms with Gasteiger partial charge in [-0.2, -0.15) is 5.26 Å². The average Bonchev–Trinajstić information content (AvgIpc) is 2.48. The van der Waals surface area contributed by atoms with Crippen LogP contribution in [0.3, 0.4) is 0 Å². The third-order valence-corrected chi connectivity index (χ3v) is 5.52. The summed E-state index contributed by atoms with van der Waals surface area (Å²) in [6.07, 6.45) is -0.0295. The highest BCUT2D eigenvalue weighted by molar-refractivity contribution is 7.90. The Bertz CT molecular complexity index is 746. The molecule has 0 aromatic heterocycles. The van der Waals surface area contributed by atoms with Crippen LogP contribution in [0.4, 0.5) is 0 Å². The van der Waals surface area contributed by atoms with Crippen LogP contribution < -0.4 is 0 Å². The lowest BCUT2D eigenvalue weighted by atomic mass is 10.1. The predicted molar refractivity (Wildman–Crippen MR) is 83.2 cm³/mol. The normalized spacial score (nSPS) is 12.6. The summed E-state index contributed by atoms with van der Waals surface area (Å²) in [5.74, 6) is -0.0408. The van der Waals surface area contributed by atoms with Crippen molar-refractivity contribution in [2.24, 2.45) is 0 Å². The fraction of sp³-hybridized carbons (Fsp3) is 0.235. The maximum atomic E-state index is 12.7. The van der Waals surface area contributed by atoms with Gasteiger partial charge in [0.25, 0.3) is 0 Å². The Morgan fingerprint density at radius 1 is 1.05 bits per heavy atom. The van der Waals surface area contributed by atoms with E-state index in [1.165, 1.54) is 0 Å². The van der Waals surface area contributed by atoms with Crippen LogP contribution in [0, 0.1) is 18.3 Å². The summed E-state index contributed by atoms with van der Waals surface area (Å²) >= 11 is 0. The van der Waals surface area contributed by atoms with Crippen molar-refractivity contribution in [3.8, 4) is 6.07 Å². The zero-order valence-electron chi connectivity index (χ0n) is 11.9. The molecule has 2 rings (SSSR count). The van der Waals surface area contributed by atoms with Crippen molar-refractivity contribution < 1.29 is 8.42 Å². The van der Waals surface area contributed by atoms with E-state index in [1.54, 1.807) is 24.3 Å². The molecular formula is C17H17NO2S.